The summed E-state index contributed by atoms with van der Waals surface area (Å²) in [5, 5.41) is 2.92. The van der Waals surface area contributed by atoms with E-state index in [0.29, 0.717) is 35.7 Å². The summed E-state index contributed by atoms with van der Waals surface area (Å²) in [6.07, 6.45) is 7.99. The lowest BCUT2D eigenvalue weighted by atomic mass is 9.92. The molecular weight excluding hydrogens is 377 g/mol. The molecule has 30 heavy (non-hydrogen) atoms. The topological polar surface area (TPSA) is 46.2 Å². The number of Topliss-reactive ketones (excluding diaryl/α,β-unsaturated/α-hetero) is 1. The molecule has 0 spiro atoms. The molecule has 158 valence electrons. The van der Waals surface area contributed by atoms with Crippen LogP contribution in [0.4, 0.5) is 4.39 Å². The Morgan fingerprint density at radius 2 is 1.77 bits per heavy atom. The van der Waals surface area contributed by atoms with Gasteiger partial charge in [0.15, 0.2) is 0 Å². The van der Waals surface area contributed by atoms with Crippen molar-refractivity contribution in [2.24, 2.45) is 5.92 Å². The number of rotatable bonds is 7. The van der Waals surface area contributed by atoms with Gasteiger partial charge in [-0.05, 0) is 72.6 Å². The van der Waals surface area contributed by atoms with Gasteiger partial charge in [-0.15, -0.1) is 0 Å². The molecular formula is C26H30FNO2. The van der Waals surface area contributed by atoms with E-state index in [2.05, 4.69) is 5.32 Å². The van der Waals surface area contributed by atoms with Crippen LogP contribution in [0, 0.1) is 25.6 Å². The van der Waals surface area contributed by atoms with Gasteiger partial charge in [-0.25, -0.2) is 4.39 Å². The van der Waals surface area contributed by atoms with Crippen molar-refractivity contribution in [1.82, 2.24) is 5.32 Å². The maximum absolute atomic E-state index is 14.6. The lowest BCUT2D eigenvalue weighted by molar-refractivity contribution is -0.119. The Balaban J connectivity index is 1.53. The smallest absolute Gasteiger partial charge is 0.251 e. The highest BCUT2D eigenvalue weighted by molar-refractivity contribution is 5.96. The Morgan fingerprint density at radius 3 is 2.43 bits per heavy atom. The molecule has 0 aliphatic heterocycles. The van der Waals surface area contributed by atoms with Crippen molar-refractivity contribution in [1.29, 1.82) is 0 Å². The van der Waals surface area contributed by atoms with Crippen molar-refractivity contribution in [2.45, 2.75) is 71.3 Å². The Bertz CT molecular complexity index is 971. The van der Waals surface area contributed by atoms with Crippen molar-refractivity contribution in [3.05, 3.63) is 58.4 Å². The molecule has 0 aromatic heterocycles. The second-order valence-electron chi connectivity index (χ2n) is 9.09. The van der Waals surface area contributed by atoms with Gasteiger partial charge in [0.05, 0.1) is 0 Å². The molecule has 2 fully saturated rings. The normalized spacial score (nSPS) is 16.6. The molecule has 0 bridgehead atoms. The van der Waals surface area contributed by atoms with Crippen LogP contribution in [-0.2, 0) is 11.2 Å². The third-order valence-corrected chi connectivity index (χ3v) is 6.55. The summed E-state index contributed by atoms with van der Waals surface area (Å²) in [4.78, 5) is 24.9. The number of hydrogen-bond acceptors (Lipinski definition) is 2. The molecule has 0 saturated heterocycles. The number of nitrogens with one attached hydrogen (secondary N) is 1. The molecule has 2 aliphatic rings. The van der Waals surface area contributed by atoms with E-state index in [1.54, 1.807) is 13.0 Å². The first kappa shape index (κ1) is 20.8. The Kier molecular flexibility index (Phi) is 6.03. The average molecular weight is 408 g/mol. The molecule has 1 N–H and O–H groups in total. The summed E-state index contributed by atoms with van der Waals surface area (Å²) in [5.41, 5.74) is 4.54. The molecule has 0 radical (unpaired) electrons. The van der Waals surface area contributed by atoms with Gasteiger partial charge in [-0.3, -0.25) is 9.59 Å². The van der Waals surface area contributed by atoms with E-state index in [1.165, 1.54) is 31.7 Å². The van der Waals surface area contributed by atoms with Gasteiger partial charge in [0.25, 0.3) is 5.91 Å². The second-order valence-corrected chi connectivity index (χ2v) is 9.09. The minimum Gasteiger partial charge on any atom is -0.349 e. The van der Waals surface area contributed by atoms with Gasteiger partial charge in [-0.2, -0.15) is 0 Å². The first-order chi connectivity index (χ1) is 14.4. The van der Waals surface area contributed by atoms with Crippen LogP contribution in [0.1, 0.15) is 72.0 Å². The molecule has 4 rings (SSSR count). The van der Waals surface area contributed by atoms with E-state index in [4.69, 9.17) is 0 Å². The summed E-state index contributed by atoms with van der Waals surface area (Å²) < 4.78 is 14.6. The SMILES string of the molecule is Cc1cc(-c2cc(C(=O)NC3CC3)cc(F)c2C)ccc1CC(=O)CC1CCCC1. The molecule has 0 atom stereocenters. The van der Waals surface area contributed by atoms with Gasteiger partial charge in [0.2, 0.25) is 0 Å². The zero-order valence-electron chi connectivity index (χ0n) is 17.9. The fraction of sp³-hybridized carbons (Fsp3) is 0.462. The molecule has 0 unspecified atom stereocenters. The molecule has 3 nitrogen and oxygen atoms in total. The standard InChI is InChI=1S/C26H30FNO2/c1-16-11-20(8-7-19(16)13-23(29)12-18-5-3-4-6-18)24-14-21(15-25(27)17(24)2)26(30)28-22-9-10-22/h7-8,11,14-15,18,22H,3-6,9-10,12-13H2,1-2H3,(H,28,30). The molecule has 2 saturated carbocycles. The highest BCUT2D eigenvalue weighted by Gasteiger charge is 2.25. The fourth-order valence-corrected chi connectivity index (χ4v) is 4.49. The Labute approximate surface area is 178 Å². The zero-order valence-corrected chi connectivity index (χ0v) is 17.9. The van der Waals surface area contributed by atoms with E-state index < -0.39 is 0 Å². The van der Waals surface area contributed by atoms with Crippen LogP contribution in [0.5, 0.6) is 0 Å². The minimum atomic E-state index is -0.373. The van der Waals surface area contributed by atoms with E-state index in [9.17, 15) is 14.0 Å². The van der Waals surface area contributed by atoms with Crippen molar-refractivity contribution in [2.75, 3.05) is 0 Å². The maximum Gasteiger partial charge on any atom is 0.251 e. The molecule has 4 heteroatoms. The third-order valence-electron chi connectivity index (χ3n) is 6.55. The summed E-state index contributed by atoms with van der Waals surface area (Å²) in [7, 11) is 0. The van der Waals surface area contributed by atoms with Crippen LogP contribution >= 0.6 is 0 Å². The summed E-state index contributed by atoms with van der Waals surface area (Å²) in [6.45, 7) is 3.73. The number of aryl methyl sites for hydroxylation is 1. The number of carbonyl (C=O) groups is 2. The predicted molar refractivity (Wildman–Crippen MR) is 117 cm³/mol. The van der Waals surface area contributed by atoms with Crippen LogP contribution in [0.15, 0.2) is 30.3 Å². The van der Waals surface area contributed by atoms with Crippen LogP contribution in [0.25, 0.3) is 11.1 Å². The van der Waals surface area contributed by atoms with Gasteiger partial charge >= 0.3 is 0 Å². The fourth-order valence-electron chi connectivity index (χ4n) is 4.49. The second kappa shape index (κ2) is 8.71. The van der Waals surface area contributed by atoms with Crippen molar-refractivity contribution < 1.29 is 14.0 Å². The van der Waals surface area contributed by atoms with Crippen LogP contribution < -0.4 is 5.32 Å². The van der Waals surface area contributed by atoms with E-state index in [1.807, 2.05) is 25.1 Å². The summed E-state index contributed by atoms with van der Waals surface area (Å²) >= 11 is 0. The third kappa shape index (κ3) is 4.80. The van der Waals surface area contributed by atoms with Gasteiger partial charge in [-0.1, -0.05) is 43.9 Å². The van der Waals surface area contributed by atoms with Crippen LogP contribution in [0.3, 0.4) is 0 Å². The van der Waals surface area contributed by atoms with E-state index in [-0.39, 0.29) is 17.8 Å². The summed E-state index contributed by atoms with van der Waals surface area (Å²) in [5.74, 6) is 0.274. The molecule has 0 heterocycles. The number of halogens is 1. The van der Waals surface area contributed by atoms with Gasteiger partial charge in [0, 0.05) is 24.4 Å². The van der Waals surface area contributed by atoms with Crippen LogP contribution in [0.2, 0.25) is 0 Å². The maximum atomic E-state index is 14.6. The monoisotopic (exact) mass is 407 g/mol. The Morgan fingerprint density at radius 1 is 1.03 bits per heavy atom. The number of hydrogen-bond donors (Lipinski definition) is 1. The largest absolute Gasteiger partial charge is 0.349 e. The first-order valence-electron chi connectivity index (χ1n) is 11.1. The van der Waals surface area contributed by atoms with Crippen LogP contribution in [-0.4, -0.2) is 17.7 Å². The van der Waals surface area contributed by atoms with Crippen molar-refractivity contribution in [3.8, 4) is 11.1 Å². The van der Waals surface area contributed by atoms with Crippen molar-refractivity contribution in [3.63, 3.8) is 0 Å². The number of carbonyl (C=O) groups excluding carboxylic acids is 2. The molecule has 1 amide bonds. The average Bonchev–Trinajstić information content (AvgIpc) is 3.38. The quantitative estimate of drug-likeness (QED) is 0.640. The zero-order chi connectivity index (χ0) is 21.3. The summed E-state index contributed by atoms with van der Waals surface area (Å²) in [6, 6.07) is 9.24. The first-order valence-corrected chi connectivity index (χ1v) is 11.1. The predicted octanol–water partition coefficient (Wildman–Crippen LogP) is 5.69. The molecule has 2 aliphatic carbocycles. The highest BCUT2D eigenvalue weighted by atomic mass is 19.1. The van der Waals surface area contributed by atoms with Gasteiger partial charge in [0.1, 0.15) is 11.6 Å². The van der Waals surface area contributed by atoms with E-state index >= 15 is 0 Å². The number of benzene rings is 2. The Hall–Kier alpha value is -2.49. The minimum absolute atomic E-state index is 0.219. The highest BCUT2D eigenvalue weighted by Crippen LogP contribution is 2.31. The lowest BCUT2D eigenvalue weighted by Crippen LogP contribution is -2.25. The van der Waals surface area contributed by atoms with Crippen molar-refractivity contribution >= 4 is 11.7 Å². The molecule has 2 aromatic rings. The van der Waals surface area contributed by atoms with Gasteiger partial charge < -0.3 is 5.32 Å². The molecule has 2 aromatic carbocycles. The number of amides is 1. The number of ketones is 1. The lowest BCUT2D eigenvalue weighted by Gasteiger charge is -2.14. The van der Waals surface area contributed by atoms with E-state index in [0.717, 1.165) is 35.1 Å².